The van der Waals surface area contributed by atoms with E-state index in [2.05, 4.69) is 134 Å². The summed E-state index contributed by atoms with van der Waals surface area (Å²) in [5, 5.41) is 4.83. The van der Waals surface area contributed by atoms with E-state index in [0.29, 0.717) is 39.0 Å². The summed E-state index contributed by atoms with van der Waals surface area (Å²) >= 11 is 0. The highest BCUT2D eigenvalue weighted by atomic mass is 32.2. The predicted molar refractivity (Wildman–Crippen MR) is 204 cm³/mol. The molecule has 2 aliphatic heterocycles. The Kier molecular flexibility index (Phi) is 9.96. The fraction of sp³-hybridized carbons (Fsp3) is 0.286. The first-order valence-electron chi connectivity index (χ1n) is 17.1. The molecule has 0 radical (unpaired) electrons. The van der Waals surface area contributed by atoms with Crippen molar-refractivity contribution in [2.45, 2.75) is 51.4 Å². The first-order valence-corrected chi connectivity index (χ1v) is 18.8. The van der Waals surface area contributed by atoms with Crippen molar-refractivity contribution >= 4 is 55.2 Å². The van der Waals surface area contributed by atoms with Gasteiger partial charge < -0.3 is 9.64 Å². The van der Waals surface area contributed by atoms with Crippen molar-refractivity contribution in [1.82, 2.24) is 0 Å². The van der Waals surface area contributed by atoms with Gasteiger partial charge in [0.15, 0.2) is 5.71 Å². The van der Waals surface area contributed by atoms with Gasteiger partial charge in [-0.05, 0) is 65.6 Å². The number of hydrogen-bond acceptors (Lipinski definition) is 5. The second-order valence-electron chi connectivity index (χ2n) is 13.9. The minimum absolute atomic E-state index is 0.241. The summed E-state index contributed by atoms with van der Waals surface area (Å²) in [4.78, 5) is 13.2. The summed E-state index contributed by atoms with van der Waals surface area (Å²) in [6.07, 6.45) is 15.5. The lowest BCUT2D eigenvalue weighted by atomic mass is 9.79. The van der Waals surface area contributed by atoms with Gasteiger partial charge in [0.05, 0.1) is 17.7 Å². The topological polar surface area (TPSA) is 86.9 Å². The van der Waals surface area contributed by atoms with Gasteiger partial charge in [0, 0.05) is 40.9 Å². The summed E-state index contributed by atoms with van der Waals surface area (Å²) in [7, 11) is -3.99. The molecule has 2 heterocycles. The van der Waals surface area contributed by atoms with E-state index in [1.54, 1.807) is 0 Å². The third-order valence-electron chi connectivity index (χ3n) is 10.00. The number of unbranched alkanes of at least 4 members (excludes halogenated alkanes) is 1. The van der Waals surface area contributed by atoms with Crippen molar-refractivity contribution in [3.63, 3.8) is 0 Å². The monoisotopic (exact) mass is 689 g/mol. The van der Waals surface area contributed by atoms with Crippen LogP contribution in [0.3, 0.4) is 0 Å². The molecule has 0 aromatic heterocycles. The Morgan fingerprint density at radius 2 is 1.42 bits per heavy atom. The Balaban J connectivity index is 1.26. The average Bonchev–Trinajstić information content (AvgIpc) is 3.44. The molecule has 0 spiro atoms. The molecule has 50 heavy (non-hydrogen) atoms. The lowest BCUT2D eigenvalue weighted by molar-refractivity contribution is -0.438. The highest BCUT2D eigenvalue weighted by molar-refractivity contribution is 7.85. The van der Waals surface area contributed by atoms with Crippen molar-refractivity contribution in [3.8, 4) is 0 Å². The maximum Gasteiger partial charge on any atom is 0.293 e. The number of ether oxygens (including phenoxy) is 1. The number of anilines is 1. The number of nitrogens with zero attached hydrogens (tertiary/aromatic N) is 2. The lowest BCUT2D eigenvalue weighted by Gasteiger charge is -2.26. The first kappa shape index (κ1) is 35.1. The average molecular weight is 690 g/mol. The molecule has 4 aromatic carbocycles. The number of fused-ring (bicyclic) bond motifs is 6. The third-order valence-corrected chi connectivity index (χ3v) is 10.8. The minimum Gasteiger partial charge on any atom is -0.466 e. The Labute approximate surface area is 295 Å². The molecule has 0 saturated heterocycles. The second kappa shape index (κ2) is 14.2. The smallest absolute Gasteiger partial charge is 0.293 e. The van der Waals surface area contributed by atoms with Crippen LogP contribution in [0.2, 0.25) is 0 Å². The van der Waals surface area contributed by atoms with E-state index in [0.717, 1.165) is 22.8 Å². The SMILES string of the molecule is CC1(C)C(=CC=CC=CC=CC2=[N+](CCCCS(=O)(=O)O)c3ccc4ccccc4c3C2(C)C)N(CCOC=O)c2ccc3ccccc3c21. The van der Waals surface area contributed by atoms with Crippen molar-refractivity contribution in [2.75, 3.05) is 30.3 Å². The number of carbonyl (C=O) groups excluding carboxylic acids is 1. The zero-order chi connectivity index (χ0) is 35.5. The molecule has 258 valence electrons. The zero-order valence-corrected chi connectivity index (χ0v) is 30.0. The van der Waals surface area contributed by atoms with Crippen LogP contribution in [0.15, 0.2) is 121 Å². The van der Waals surface area contributed by atoms with Crippen LogP contribution in [-0.2, 0) is 30.5 Å². The maximum atomic E-state index is 11.4. The van der Waals surface area contributed by atoms with Crippen molar-refractivity contribution in [1.29, 1.82) is 0 Å². The van der Waals surface area contributed by atoms with Gasteiger partial charge in [-0.3, -0.25) is 9.35 Å². The van der Waals surface area contributed by atoms with E-state index in [1.165, 1.54) is 32.7 Å². The van der Waals surface area contributed by atoms with Crippen LogP contribution in [0.25, 0.3) is 21.5 Å². The number of hydrogen-bond donors (Lipinski definition) is 1. The lowest BCUT2D eigenvalue weighted by Crippen LogP contribution is -2.29. The van der Waals surface area contributed by atoms with Gasteiger partial charge in [0.25, 0.3) is 16.6 Å². The molecule has 4 aromatic rings. The normalized spacial score (nSPS) is 17.6. The number of benzene rings is 4. The fourth-order valence-corrected chi connectivity index (χ4v) is 8.35. The molecular weight excluding hydrogens is 645 g/mol. The van der Waals surface area contributed by atoms with E-state index in [1.807, 2.05) is 18.2 Å². The molecule has 0 unspecified atom stereocenters. The minimum atomic E-state index is -3.99. The molecule has 7 nitrogen and oxygen atoms in total. The van der Waals surface area contributed by atoms with Crippen LogP contribution in [0.4, 0.5) is 11.4 Å². The standard InChI is InChI=1S/C42H44N2O5S/c1-41(2)37(43(26-14-15-29-50(46,47)48)35-24-22-31-16-10-12-18-33(31)39(35)41)20-8-6-5-7-9-21-38-42(3,4)40-34-19-13-11-17-32(34)23-25-36(40)44(38)27-28-49-30-45/h5-13,16-25,30H,14-15,26-29H2,1-4H3/p+1. The van der Waals surface area contributed by atoms with Gasteiger partial charge in [-0.15, -0.1) is 0 Å². The third kappa shape index (κ3) is 6.82. The Morgan fingerprint density at radius 3 is 2.12 bits per heavy atom. The quantitative estimate of drug-likeness (QED) is 0.0498. The van der Waals surface area contributed by atoms with E-state index >= 15 is 0 Å². The molecule has 0 bridgehead atoms. The Morgan fingerprint density at radius 1 is 0.780 bits per heavy atom. The Hall–Kier alpha value is -4.79. The highest BCUT2D eigenvalue weighted by Gasteiger charge is 2.45. The molecule has 0 saturated carbocycles. The van der Waals surface area contributed by atoms with Gasteiger partial charge in [0.2, 0.25) is 5.69 Å². The molecule has 1 N–H and O–H groups in total. The van der Waals surface area contributed by atoms with Crippen LogP contribution >= 0.6 is 0 Å². The molecular formula is C42H45N2O5S+. The van der Waals surface area contributed by atoms with E-state index in [4.69, 9.17) is 4.74 Å². The number of rotatable bonds is 13. The van der Waals surface area contributed by atoms with E-state index in [-0.39, 0.29) is 16.6 Å². The first-order chi connectivity index (χ1) is 23.9. The molecule has 6 rings (SSSR count). The summed E-state index contributed by atoms with van der Waals surface area (Å²) in [6, 6.07) is 25.5. The van der Waals surface area contributed by atoms with Crippen LogP contribution in [0.1, 0.15) is 51.7 Å². The summed E-state index contributed by atoms with van der Waals surface area (Å²) in [6.45, 7) is 11.0. The molecule has 8 heteroatoms. The van der Waals surface area contributed by atoms with Crippen molar-refractivity contribution in [2.24, 2.45) is 0 Å². The molecule has 0 fully saturated rings. The summed E-state index contributed by atoms with van der Waals surface area (Å²) in [5.74, 6) is -0.241. The molecule has 0 amide bonds. The van der Waals surface area contributed by atoms with Gasteiger partial charge in [-0.25, -0.2) is 0 Å². The van der Waals surface area contributed by atoms with Crippen LogP contribution in [0, 0.1) is 0 Å². The van der Waals surface area contributed by atoms with Gasteiger partial charge >= 0.3 is 0 Å². The highest BCUT2D eigenvalue weighted by Crippen LogP contribution is 2.50. The molecule has 0 aliphatic carbocycles. The largest absolute Gasteiger partial charge is 0.466 e. The Bertz CT molecular complexity index is 2210. The maximum absolute atomic E-state index is 11.4. The van der Waals surface area contributed by atoms with Gasteiger partial charge in [-0.1, -0.05) is 98.8 Å². The zero-order valence-electron chi connectivity index (χ0n) is 29.2. The summed E-state index contributed by atoms with van der Waals surface area (Å²) < 4.78 is 39.4. The van der Waals surface area contributed by atoms with Crippen molar-refractivity contribution in [3.05, 3.63) is 132 Å². The number of carbonyl (C=O) groups is 1. The number of allylic oxidation sites excluding steroid dienone is 8. The van der Waals surface area contributed by atoms with Crippen LogP contribution in [0.5, 0.6) is 0 Å². The fourth-order valence-electron chi connectivity index (χ4n) is 7.78. The predicted octanol–water partition coefficient (Wildman–Crippen LogP) is 8.56. The van der Waals surface area contributed by atoms with E-state index < -0.39 is 10.1 Å². The van der Waals surface area contributed by atoms with Crippen LogP contribution < -0.4 is 4.90 Å². The second-order valence-corrected chi connectivity index (χ2v) is 15.5. The molecule has 0 atom stereocenters. The van der Waals surface area contributed by atoms with Gasteiger partial charge in [-0.2, -0.15) is 13.0 Å². The van der Waals surface area contributed by atoms with Crippen LogP contribution in [-0.4, -0.2) is 55.2 Å². The van der Waals surface area contributed by atoms with Crippen molar-refractivity contribution < 1.29 is 27.1 Å². The van der Waals surface area contributed by atoms with Gasteiger partial charge in [0.1, 0.15) is 13.2 Å². The molecule has 2 aliphatic rings. The summed E-state index contributed by atoms with van der Waals surface area (Å²) in [5.41, 5.74) is 6.52. The van der Waals surface area contributed by atoms with E-state index in [9.17, 15) is 17.8 Å².